The van der Waals surface area contributed by atoms with E-state index in [1.54, 1.807) is 0 Å². The van der Waals surface area contributed by atoms with E-state index in [1.165, 1.54) is 24.8 Å². The lowest BCUT2D eigenvalue weighted by atomic mass is 9.85. The monoisotopic (exact) mass is 281 g/mol. The SMILES string of the molecule is CC(C)(C)C(CCCl)NCCCCc1ccccc1. The second kappa shape index (κ2) is 8.60. The van der Waals surface area contributed by atoms with E-state index >= 15 is 0 Å². The van der Waals surface area contributed by atoms with Crippen LogP contribution in [-0.2, 0) is 6.42 Å². The second-order valence-electron chi connectivity index (χ2n) is 6.29. The quantitative estimate of drug-likeness (QED) is 0.541. The average molecular weight is 282 g/mol. The van der Waals surface area contributed by atoms with Crippen LogP contribution in [-0.4, -0.2) is 18.5 Å². The normalized spacial score (nSPS) is 13.5. The average Bonchev–Trinajstić information content (AvgIpc) is 2.37. The third kappa shape index (κ3) is 6.98. The van der Waals surface area contributed by atoms with E-state index in [4.69, 9.17) is 11.6 Å². The molecule has 0 saturated heterocycles. The van der Waals surface area contributed by atoms with Crippen molar-refractivity contribution in [3.63, 3.8) is 0 Å². The summed E-state index contributed by atoms with van der Waals surface area (Å²) in [6, 6.07) is 11.2. The molecule has 0 amide bonds. The third-order valence-corrected chi connectivity index (χ3v) is 3.79. The highest BCUT2D eigenvalue weighted by molar-refractivity contribution is 6.17. The second-order valence-corrected chi connectivity index (χ2v) is 6.67. The fourth-order valence-electron chi connectivity index (χ4n) is 2.33. The zero-order valence-corrected chi connectivity index (χ0v) is 13.3. The summed E-state index contributed by atoms with van der Waals surface area (Å²) in [6.45, 7) is 7.93. The summed E-state index contributed by atoms with van der Waals surface area (Å²) in [6.07, 6.45) is 4.69. The Morgan fingerprint density at radius 1 is 1.11 bits per heavy atom. The van der Waals surface area contributed by atoms with Gasteiger partial charge in [0.15, 0.2) is 0 Å². The predicted octanol–water partition coefficient (Wildman–Crippen LogP) is 4.64. The van der Waals surface area contributed by atoms with Crippen LogP contribution < -0.4 is 5.32 Å². The molecule has 19 heavy (non-hydrogen) atoms. The Bertz CT molecular complexity index is 329. The number of hydrogen-bond donors (Lipinski definition) is 1. The van der Waals surface area contributed by atoms with E-state index in [1.807, 2.05) is 0 Å². The van der Waals surface area contributed by atoms with Crippen molar-refractivity contribution in [2.75, 3.05) is 12.4 Å². The molecule has 0 heterocycles. The van der Waals surface area contributed by atoms with Gasteiger partial charge in [-0.3, -0.25) is 0 Å². The minimum Gasteiger partial charge on any atom is -0.313 e. The Morgan fingerprint density at radius 3 is 2.37 bits per heavy atom. The van der Waals surface area contributed by atoms with Crippen molar-refractivity contribution in [1.29, 1.82) is 0 Å². The molecule has 0 aliphatic heterocycles. The van der Waals surface area contributed by atoms with Gasteiger partial charge in [-0.05, 0) is 43.2 Å². The van der Waals surface area contributed by atoms with Crippen molar-refractivity contribution in [3.8, 4) is 0 Å². The molecule has 0 spiro atoms. The number of nitrogens with one attached hydrogen (secondary N) is 1. The van der Waals surface area contributed by atoms with E-state index < -0.39 is 0 Å². The van der Waals surface area contributed by atoms with Gasteiger partial charge >= 0.3 is 0 Å². The van der Waals surface area contributed by atoms with Crippen LogP contribution >= 0.6 is 11.6 Å². The molecule has 0 aliphatic rings. The number of unbranched alkanes of at least 4 members (excludes halogenated alkanes) is 1. The van der Waals surface area contributed by atoms with E-state index in [-0.39, 0.29) is 5.41 Å². The lowest BCUT2D eigenvalue weighted by Crippen LogP contribution is -2.41. The smallest absolute Gasteiger partial charge is 0.0238 e. The molecule has 1 rings (SSSR count). The first kappa shape index (κ1) is 16.5. The molecule has 1 N–H and O–H groups in total. The summed E-state index contributed by atoms with van der Waals surface area (Å²) >= 11 is 5.88. The van der Waals surface area contributed by atoms with E-state index in [0.717, 1.165) is 18.8 Å². The van der Waals surface area contributed by atoms with Crippen LogP contribution in [0.1, 0.15) is 45.6 Å². The number of benzene rings is 1. The molecule has 0 fully saturated rings. The lowest BCUT2D eigenvalue weighted by molar-refractivity contribution is 0.261. The standard InChI is InChI=1S/C17H28ClN/c1-17(2,3)16(12-13-18)19-14-8-7-11-15-9-5-4-6-10-15/h4-6,9-10,16,19H,7-8,11-14H2,1-3H3. The van der Waals surface area contributed by atoms with Crippen LogP contribution in [0, 0.1) is 5.41 Å². The van der Waals surface area contributed by atoms with Crippen LogP contribution in [0.25, 0.3) is 0 Å². The molecule has 0 bridgehead atoms. The Balaban J connectivity index is 2.18. The summed E-state index contributed by atoms with van der Waals surface area (Å²) in [5, 5.41) is 3.66. The topological polar surface area (TPSA) is 12.0 Å². The first-order valence-corrected chi connectivity index (χ1v) is 7.91. The van der Waals surface area contributed by atoms with E-state index in [2.05, 4.69) is 56.4 Å². The van der Waals surface area contributed by atoms with Crippen molar-refractivity contribution in [2.24, 2.45) is 5.41 Å². The highest BCUT2D eigenvalue weighted by Gasteiger charge is 2.22. The molecule has 0 saturated carbocycles. The van der Waals surface area contributed by atoms with Crippen molar-refractivity contribution >= 4 is 11.6 Å². The molecule has 1 aromatic carbocycles. The van der Waals surface area contributed by atoms with Crippen LogP contribution in [0.15, 0.2) is 30.3 Å². The van der Waals surface area contributed by atoms with Gasteiger partial charge < -0.3 is 5.32 Å². The van der Waals surface area contributed by atoms with Crippen LogP contribution in [0.5, 0.6) is 0 Å². The highest BCUT2D eigenvalue weighted by atomic mass is 35.5. The number of rotatable bonds is 8. The number of aryl methyl sites for hydroxylation is 1. The summed E-state index contributed by atoms with van der Waals surface area (Å²) in [5.41, 5.74) is 1.73. The highest BCUT2D eigenvalue weighted by Crippen LogP contribution is 2.22. The fourth-order valence-corrected chi connectivity index (χ4v) is 2.54. The molecule has 0 aromatic heterocycles. The van der Waals surface area contributed by atoms with Crippen LogP contribution in [0.3, 0.4) is 0 Å². The molecule has 2 heteroatoms. The number of halogens is 1. The zero-order chi connectivity index (χ0) is 14.1. The Morgan fingerprint density at radius 2 is 1.79 bits per heavy atom. The molecule has 0 radical (unpaired) electrons. The van der Waals surface area contributed by atoms with Gasteiger partial charge in [0.1, 0.15) is 0 Å². The largest absolute Gasteiger partial charge is 0.313 e. The first-order valence-electron chi connectivity index (χ1n) is 7.37. The number of alkyl halides is 1. The van der Waals surface area contributed by atoms with Gasteiger partial charge in [-0.25, -0.2) is 0 Å². The molecular formula is C17H28ClN. The molecular weight excluding hydrogens is 254 g/mol. The van der Waals surface area contributed by atoms with Gasteiger partial charge in [0.25, 0.3) is 0 Å². The summed E-state index contributed by atoms with van der Waals surface area (Å²) in [4.78, 5) is 0. The predicted molar refractivity (Wildman–Crippen MR) is 86.0 cm³/mol. The van der Waals surface area contributed by atoms with E-state index in [0.29, 0.717) is 6.04 Å². The summed E-state index contributed by atoms with van der Waals surface area (Å²) in [5.74, 6) is 0.735. The van der Waals surface area contributed by atoms with Crippen LogP contribution in [0.4, 0.5) is 0 Å². The van der Waals surface area contributed by atoms with Gasteiger partial charge in [0.05, 0.1) is 0 Å². The molecule has 1 nitrogen and oxygen atoms in total. The molecule has 108 valence electrons. The zero-order valence-electron chi connectivity index (χ0n) is 12.6. The fraction of sp³-hybridized carbons (Fsp3) is 0.647. The van der Waals surface area contributed by atoms with Gasteiger partial charge in [-0.1, -0.05) is 51.1 Å². The minimum atomic E-state index is 0.286. The molecule has 1 unspecified atom stereocenters. The van der Waals surface area contributed by atoms with Crippen molar-refractivity contribution in [3.05, 3.63) is 35.9 Å². The van der Waals surface area contributed by atoms with Gasteiger partial charge in [0.2, 0.25) is 0 Å². The van der Waals surface area contributed by atoms with Gasteiger partial charge in [-0.15, -0.1) is 11.6 Å². The van der Waals surface area contributed by atoms with Gasteiger partial charge in [-0.2, -0.15) is 0 Å². The maximum atomic E-state index is 5.88. The van der Waals surface area contributed by atoms with Crippen molar-refractivity contribution in [1.82, 2.24) is 5.32 Å². The van der Waals surface area contributed by atoms with Crippen molar-refractivity contribution in [2.45, 2.75) is 52.5 Å². The maximum Gasteiger partial charge on any atom is 0.0238 e. The van der Waals surface area contributed by atoms with Gasteiger partial charge in [0, 0.05) is 11.9 Å². The first-order chi connectivity index (χ1) is 9.04. The van der Waals surface area contributed by atoms with Crippen molar-refractivity contribution < 1.29 is 0 Å². The Labute approximate surface area is 123 Å². The molecule has 1 aromatic rings. The van der Waals surface area contributed by atoms with E-state index in [9.17, 15) is 0 Å². The summed E-state index contributed by atoms with van der Waals surface area (Å²) in [7, 11) is 0. The third-order valence-electron chi connectivity index (χ3n) is 3.57. The lowest BCUT2D eigenvalue weighted by Gasteiger charge is -2.31. The summed E-state index contributed by atoms with van der Waals surface area (Å²) < 4.78 is 0. The van der Waals surface area contributed by atoms with Crippen LogP contribution in [0.2, 0.25) is 0 Å². The maximum absolute atomic E-state index is 5.88. The number of hydrogen-bond acceptors (Lipinski definition) is 1. The molecule has 1 atom stereocenters. The Kier molecular flexibility index (Phi) is 7.48. The Hall–Kier alpha value is -0.530. The minimum absolute atomic E-state index is 0.286. The molecule has 0 aliphatic carbocycles.